The van der Waals surface area contributed by atoms with Crippen molar-refractivity contribution in [1.29, 1.82) is 0 Å². The van der Waals surface area contributed by atoms with E-state index in [9.17, 15) is 5.11 Å². The second-order valence-corrected chi connectivity index (χ2v) is 5.60. The summed E-state index contributed by atoms with van der Waals surface area (Å²) in [7, 11) is 0. The summed E-state index contributed by atoms with van der Waals surface area (Å²) in [5.74, 6) is 0. The molecule has 0 bridgehead atoms. The Kier molecular flexibility index (Phi) is 4.79. The van der Waals surface area contributed by atoms with E-state index in [-0.39, 0.29) is 6.10 Å². The van der Waals surface area contributed by atoms with Crippen LogP contribution in [0.2, 0.25) is 0 Å². The molecular formula is C16H25NO. The largest absolute Gasteiger partial charge is 0.387 e. The van der Waals surface area contributed by atoms with Gasteiger partial charge in [0, 0.05) is 12.6 Å². The standard InChI is InChI=1S/C16H25NO/c1-12-8-9-14(10-13(12)2)16(18)11-17-15-6-4-3-5-7-15/h8-10,15-18H,3-7,11H2,1-2H3. The van der Waals surface area contributed by atoms with Crippen molar-refractivity contribution < 1.29 is 5.11 Å². The Morgan fingerprint density at radius 2 is 1.89 bits per heavy atom. The van der Waals surface area contributed by atoms with E-state index in [4.69, 9.17) is 0 Å². The first kappa shape index (κ1) is 13.6. The van der Waals surface area contributed by atoms with E-state index in [0.717, 1.165) is 5.56 Å². The van der Waals surface area contributed by atoms with Crippen molar-refractivity contribution in [3.63, 3.8) is 0 Å². The van der Waals surface area contributed by atoms with Gasteiger partial charge in [0.15, 0.2) is 0 Å². The Labute approximate surface area is 110 Å². The molecule has 1 atom stereocenters. The molecule has 100 valence electrons. The van der Waals surface area contributed by atoms with E-state index < -0.39 is 0 Å². The van der Waals surface area contributed by atoms with E-state index in [1.807, 2.05) is 6.07 Å². The molecule has 2 heteroatoms. The molecule has 0 saturated heterocycles. The molecule has 0 aliphatic heterocycles. The fourth-order valence-electron chi connectivity index (χ4n) is 2.67. The van der Waals surface area contributed by atoms with Crippen LogP contribution < -0.4 is 5.32 Å². The van der Waals surface area contributed by atoms with Crippen LogP contribution in [-0.2, 0) is 0 Å². The van der Waals surface area contributed by atoms with Gasteiger partial charge in [-0.15, -0.1) is 0 Å². The minimum atomic E-state index is -0.383. The van der Waals surface area contributed by atoms with E-state index in [0.29, 0.717) is 12.6 Å². The molecule has 0 aromatic heterocycles. The summed E-state index contributed by atoms with van der Waals surface area (Å²) in [6, 6.07) is 6.84. The first-order valence-corrected chi connectivity index (χ1v) is 7.15. The highest BCUT2D eigenvalue weighted by Crippen LogP contribution is 2.20. The molecule has 1 aromatic carbocycles. The zero-order valence-corrected chi connectivity index (χ0v) is 11.6. The molecule has 1 aliphatic rings. The molecule has 18 heavy (non-hydrogen) atoms. The summed E-state index contributed by atoms with van der Waals surface area (Å²) in [5, 5.41) is 13.7. The quantitative estimate of drug-likeness (QED) is 0.856. The lowest BCUT2D eigenvalue weighted by atomic mass is 9.95. The highest BCUT2D eigenvalue weighted by molar-refractivity contribution is 5.31. The highest BCUT2D eigenvalue weighted by atomic mass is 16.3. The van der Waals surface area contributed by atoms with Crippen LogP contribution in [0, 0.1) is 13.8 Å². The Balaban J connectivity index is 1.86. The van der Waals surface area contributed by atoms with Crippen molar-refractivity contribution in [2.75, 3.05) is 6.54 Å². The molecule has 1 aromatic rings. The van der Waals surface area contributed by atoms with E-state index in [1.165, 1.54) is 43.2 Å². The number of aryl methyl sites for hydroxylation is 2. The second kappa shape index (κ2) is 6.35. The fourth-order valence-corrected chi connectivity index (χ4v) is 2.67. The van der Waals surface area contributed by atoms with Crippen molar-refractivity contribution in [3.05, 3.63) is 34.9 Å². The van der Waals surface area contributed by atoms with Gasteiger partial charge >= 0.3 is 0 Å². The highest BCUT2D eigenvalue weighted by Gasteiger charge is 2.15. The lowest BCUT2D eigenvalue weighted by molar-refractivity contribution is 0.165. The van der Waals surface area contributed by atoms with Crippen LogP contribution >= 0.6 is 0 Å². The minimum Gasteiger partial charge on any atom is -0.387 e. The van der Waals surface area contributed by atoms with Gasteiger partial charge < -0.3 is 10.4 Å². The van der Waals surface area contributed by atoms with E-state index in [2.05, 4.69) is 31.3 Å². The summed E-state index contributed by atoms with van der Waals surface area (Å²) in [6.45, 7) is 4.87. The van der Waals surface area contributed by atoms with Gasteiger partial charge in [0.1, 0.15) is 0 Å². The summed E-state index contributed by atoms with van der Waals surface area (Å²) in [6.07, 6.45) is 6.18. The van der Waals surface area contributed by atoms with Crippen LogP contribution in [0.1, 0.15) is 54.9 Å². The maximum absolute atomic E-state index is 10.2. The number of nitrogens with one attached hydrogen (secondary N) is 1. The van der Waals surface area contributed by atoms with Gasteiger partial charge in [0.05, 0.1) is 6.10 Å². The molecular weight excluding hydrogens is 222 g/mol. The third-order valence-corrected chi connectivity index (χ3v) is 4.12. The van der Waals surface area contributed by atoms with Crippen molar-refractivity contribution in [2.45, 2.75) is 58.1 Å². The summed E-state index contributed by atoms with van der Waals surface area (Å²) < 4.78 is 0. The zero-order valence-electron chi connectivity index (χ0n) is 11.6. The molecule has 2 nitrogen and oxygen atoms in total. The van der Waals surface area contributed by atoms with Gasteiger partial charge in [-0.3, -0.25) is 0 Å². The predicted octanol–water partition coefficient (Wildman–Crippen LogP) is 3.26. The topological polar surface area (TPSA) is 32.3 Å². The van der Waals surface area contributed by atoms with Gasteiger partial charge in [-0.2, -0.15) is 0 Å². The average Bonchev–Trinajstić information content (AvgIpc) is 2.40. The molecule has 0 spiro atoms. The molecule has 1 unspecified atom stereocenters. The fraction of sp³-hybridized carbons (Fsp3) is 0.625. The molecule has 1 fully saturated rings. The third kappa shape index (κ3) is 3.56. The van der Waals surface area contributed by atoms with Crippen molar-refractivity contribution in [1.82, 2.24) is 5.32 Å². The Morgan fingerprint density at radius 3 is 2.56 bits per heavy atom. The normalized spacial score (nSPS) is 18.8. The van der Waals surface area contributed by atoms with Crippen molar-refractivity contribution in [2.24, 2.45) is 0 Å². The van der Waals surface area contributed by atoms with Crippen LogP contribution in [0.4, 0.5) is 0 Å². The minimum absolute atomic E-state index is 0.383. The van der Waals surface area contributed by atoms with Crippen LogP contribution in [-0.4, -0.2) is 17.7 Å². The SMILES string of the molecule is Cc1ccc(C(O)CNC2CCCCC2)cc1C. The first-order chi connectivity index (χ1) is 8.66. The molecule has 0 amide bonds. The lowest BCUT2D eigenvalue weighted by Crippen LogP contribution is -2.34. The number of rotatable bonds is 4. The Hall–Kier alpha value is -0.860. The number of benzene rings is 1. The smallest absolute Gasteiger partial charge is 0.0914 e. The van der Waals surface area contributed by atoms with Gasteiger partial charge in [0.25, 0.3) is 0 Å². The third-order valence-electron chi connectivity index (χ3n) is 4.12. The Morgan fingerprint density at radius 1 is 1.17 bits per heavy atom. The maximum atomic E-state index is 10.2. The summed E-state index contributed by atoms with van der Waals surface area (Å²) >= 11 is 0. The van der Waals surface area contributed by atoms with Crippen LogP contribution in [0.25, 0.3) is 0 Å². The molecule has 2 N–H and O–H groups in total. The maximum Gasteiger partial charge on any atom is 0.0914 e. The van der Waals surface area contributed by atoms with Crippen LogP contribution in [0.3, 0.4) is 0 Å². The molecule has 0 heterocycles. The van der Waals surface area contributed by atoms with Gasteiger partial charge in [-0.05, 0) is 43.4 Å². The zero-order chi connectivity index (χ0) is 13.0. The monoisotopic (exact) mass is 247 g/mol. The molecule has 1 aliphatic carbocycles. The number of hydrogen-bond donors (Lipinski definition) is 2. The van der Waals surface area contributed by atoms with E-state index >= 15 is 0 Å². The summed E-state index contributed by atoms with van der Waals surface area (Å²) in [4.78, 5) is 0. The lowest BCUT2D eigenvalue weighted by Gasteiger charge is -2.24. The van der Waals surface area contributed by atoms with E-state index in [1.54, 1.807) is 0 Å². The number of hydrogen-bond acceptors (Lipinski definition) is 2. The average molecular weight is 247 g/mol. The first-order valence-electron chi connectivity index (χ1n) is 7.15. The number of aliphatic hydroxyl groups excluding tert-OH is 1. The molecule has 0 radical (unpaired) electrons. The molecule has 1 saturated carbocycles. The van der Waals surface area contributed by atoms with Gasteiger partial charge in [-0.1, -0.05) is 37.5 Å². The van der Waals surface area contributed by atoms with Gasteiger partial charge in [0.2, 0.25) is 0 Å². The number of aliphatic hydroxyl groups is 1. The predicted molar refractivity (Wildman–Crippen MR) is 75.8 cm³/mol. The van der Waals surface area contributed by atoms with Crippen molar-refractivity contribution in [3.8, 4) is 0 Å². The second-order valence-electron chi connectivity index (χ2n) is 5.60. The Bertz CT molecular complexity index is 383. The van der Waals surface area contributed by atoms with Crippen molar-refractivity contribution >= 4 is 0 Å². The summed E-state index contributed by atoms with van der Waals surface area (Å²) in [5.41, 5.74) is 3.57. The van der Waals surface area contributed by atoms with Crippen LogP contribution in [0.15, 0.2) is 18.2 Å². The van der Waals surface area contributed by atoms with Gasteiger partial charge in [-0.25, -0.2) is 0 Å². The van der Waals surface area contributed by atoms with Crippen LogP contribution in [0.5, 0.6) is 0 Å². The molecule has 2 rings (SSSR count).